The highest BCUT2D eigenvalue weighted by molar-refractivity contribution is 6.00. The maximum Gasteiger partial charge on any atom is 0.341 e. The van der Waals surface area contributed by atoms with Crippen LogP contribution in [0.2, 0.25) is 0 Å². The highest BCUT2D eigenvalue weighted by atomic mass is 16.5. The third-order valence-electron chi connectivity index (χ3n) is 4.84. The zero-order valence-corrected chi connectivity index (χ0v) is 14.9. The van der Waals surface area contributed by atoms with Gasteiger partial charge in [0.15, 0.2) is 5.65 Å². The molecule has 6 heteroatoms. The van der Waals surface area contributed by atoms with Crippen molar-refractivity contribution < 1.29 is 9.53 Å². The Balaban J connectivity index is 1.97. The smallest absolute Gasteiger partial charge is 0.341 e. The normalized spacial score (nSPS) is 11.5. The maximum absolute atomic E-state index is 12.4. The maximum atomic E-state index is 12.4. The molecular weight excluding hydrogens is 340 g/mol. The van der Waals surface area contributed by atoms with Gasteiger partial charge >= 0.3 is 5.97 Å². The summed E-state index contributed by atoms with van der Waals surface area (Å²) in [4.78, 5) is 21.7. The molecule has 0 fully saturated rings. The zero-order chi connectivity index (χ0) is 18.5. The lowest BCUT2D eigenvalue weighted by Gasteiger charge is -2.13. The summed E-state index contributed by atoms with van der Waals surface area (Å²) in [6.07, 6.45) is 1.80. The molecule has 0 saturated heterocycles. The van der Waals surface area contributed by atoms with Gasteiger partial charge in [-0.2, -0.15) is 0 Å². The number of imidazole rings is 2. The van der Waals surface area contributed by atoms with Gasteiger partial charge in [0.1, 0.15) is 17.7 Å². The van der Waals surface area contributed by atoms with E-state index in [-0.39, 0.29) is 0 Å². The van der Waals surface area contributed by atoms with E-state index in [2.05, 4.69) is 4.98 Å². The number of benzene rings is 2. The zero-order valence-electron chi connectivity index (χ0n) is 14.9. The predicted octanol–water partition coefficient (Wildman–Crippen LogP) is 3.92. The van der Waals surface area contributed by atoms with E-state index in [9.17, 15) is 4.79 Å². The van der Waals surface area contributed by atoms with Crippen LogP contribution < -0.4 is 0 Å². The fourth-order valence-electron chi connectivity index (χ4n) is 3.61. The fourth-order valence-corrected chi connectivity index (χ4v) is 3.61. The second-order valence-electron chi connectivity index (χ2n) is 6.41. The van der Waals surface area contributed by atoms with Crippen LogP contribution in [0.1, 0.15) is 15.9 Å². The largest absolute Gasteiger partial charge is 0.465 e. The first kappa shape index (κ1) is 15.6. The second-order valence-corrected chi connectivity index (χ2v) is 6.41. The third-order valence-corrected chi connectivity index (χ3v) is 4.84. The summed E-state index contributed by atoms with van der Waals surface area (Å²) in [5.41, 5.74) is 5.49. The van der Waals surface area contributed by atoms with E-state index in [1.54, 1.807) is 6.33 Å². The molecule has 5 rings (SSSR count). The molecular formula is C21H16N4O2. The lowest BCUT2D eigenvalue weighted by atomic mass is 10.1. The van der Waals surface area contributed by atoms with Gasteiger partial charge < -0.3 is 4.74 Å². The number of rotatable bonds is 2. The lowest BCUT2D eigenvalue weighted by Crippen LogP contribution is -2.11. The molecule has 0 aliphatic carbocycles. The van der Waals surface area contributed by atoms with Crippen molar-refractivity contribution in [1.82, 2.24) is 18.9 Å². The minimum Gasteiger partial charge on any atom is -0.465 e. The van der Waals surface area contributed by atoms with Gasteiger partial charge in [0.25, 0.3) is 0 Å². The quantitative estimate of drug-likeness (QED) is 0.450. The average molecular weight is 356 g/mol. The van der Waals surface area contributed by atoms with Crippen molar-refractivity contribution in [2.45, 2.75) is 6.92 Å². The predicted molar refractivity (Wildman–Crippen MR) is 103 cm³/mol. The van der Waals surface area contributed by atoms with Gasteiger partial charge in [-0.1, -0.05) is 24.3 Å². The summed E-state index contributed by atoms with van der Waals surface area (Å²) in [6.45, 7) is 1.90. The van der Waals surface area contributed by atoms with Gasteiger partial charge in [-0.25, -0.2) is 14.8 Å². The van der Waals surface area contributed by atoms with E-state index in [4.69, 9.17) is 9.72 Å². The number of pyridine rings is 1. The van der Waals surface area contributed by atoms with Crippen molar-refractivity contribution in [3.63, 3.8) is 0 Å². The van der Waals surface area contributed by atoms with Crippen LogP contribution in [-0.4, -0.2) is 32.0 Å². The van der Waals surface area contributed by atoms with Crippen LogP contribution in [-0.2, 0) is 4.74 Å². The molecule has 5 aromatic rings. The van der Waals surface area contributed by atoms with Crippen LogP contribution in [0.4, 0.5) is 0 Å². The number of fused-ring (bicyclic) bond motifs is 4. The number of esters is 1. The number of aromatic nitrogens is 4. The Labute approximate surface area is 154 Å². The van der Waals surface area contributed by atoms with Gasteiger partial charge in [-0.15, -0.1) is 0 Å². The number of carbonyl (C=O) groups excluding carboxylic acids is 1. The molecule has 27 heavy (non-hydrogen) atoms. The fraction of sp³-hybridized carbons (Fsp3) is 0.0952. The molecule has 0 unspecified atom stereocenters. The number of hydrogen-bond donors (Lipinski definition) is 0. The number of hydrogen-bond acceptors (Lipinski definition) is 4. The Hall–Kier alpha value is -3.67. The van der Waals surface area contributed by atoms with Gasteiger partial charge in [0.2, 0.25) is 0 Å². The van der Waals surface area contributed by atoms with Crippen molar-refractivity contribution in [2.75, 3.05) is 7.11 Å². The molecule has 3 heterocycles. The molecule has 0 spiro atoms. The van der Waals surface area contributed by atoms with Crippen LogP contribution >= 0.6 is 0 Å². The van der Waals surface area contributed by atoms with E-state index in [0.717, 1.165) is 33.4 Å². The highest BCUT2D eigenvalue weighted by Crippen LogP contribution is 2.28. The summed E-state index contributed by atoms with van der Waals surface area (Å²) in [5, 5.41) is 0. The summed E-state index contributed by atoms with van der Waals surface area (Å²) in [7, 11) is 1.39. The Morgan fingerprint density at radius 1 is 1.00 bits per heavy atom. The van der Waals surface area contributed by atoms with Crippen LogP contribution in [0, 0.1) is 6.92 Å². The molecule has 132 valence electrons. The Bertz CT molecular complexity index is 1350. The first-order valence-corrected chi connectivity index (χ1v) is 8.60. The number of carbonyl (C=O) groups is 1. The molecule has 2 aromatic carbocycles. The van der Waals surface area contributed by atoms with E-state index in [1.165, 1.54) is 7.11 Å². The lowest BCUT2D eigenvalue weighted by molar-refractivity contribution is 0.0601. The molecule has 0 radical (unpaired) electrons. The van der Waals surface area contributed by atoms with Gasteiger partial charge in [-0.3, -0.25) is 8.97 Å². The van der Waals surface area contributed by atoms with Crippen LogP contribution in [0.5, 0.6) is 0 Å². The van der Waals surface area contributed by atoms with Crippen molar-refractivity contribution in [1.29, 1.82) is 0 Å². The summed E-state index contributed by atoms with van der Waals surface area (Å²) >= 11 is 0. The minimum atomic E-state index is -0.394. The summed E-state index contributed by atoms with van der Waals surface area (Å²) in [5.74, 6) is 0.479. The molecule has 0 saturated carbocycles. The van der Waals surface area contributed by atoms with Crippen molar-refractivity contribution in [2.24, 2.45) is 0 Å². The minimum absolute atomic E-state index is 0.394. The molecule has 0 amide bonds. The number of methoxy groups -OCH3 is 1. The number of ether oxygens (including phenoxy) is 1. The first-order valence-electron chi connectivity index (χ1n) is 8.60. The highest BCUT2D eigenvalue weighted by Gasteiger charge is 2.21. The van der Waals surface area contributed by atoms with Crippen molar-refractivity contribution in [3.05, 3.63) is 72.1 Å². The molecule has 0 aliphatic rings. The number of para-hydroxylation sites is 4. The topological polar surface area (TPSA) is 61.4 Å². The molecule has 0 N–H and O–H groups in total. The molecule has 3 aromatic heterocycles. The Kier molecular flexibility index (Phi) is 3.27. The van der Waals surface area contributed by atoms with E-state index in [1.807, 2.05) is 70.5 Å². The van der Waals surface area contributed by atoms with Crippen LogP contribution in [0.15, 0.2) is 60.9 Å². The SMILES string of the molecule is COC(=O)c1c(C)cc(-n2cnc3ccccc32)n2c1nc1ccccc12. The van der Waals surface area contributed by atoms with Crippen LogP contribution in [0.3, 0.4) is 0 Å². The van der Waals surface area contributed by atoms with Gasteiger partial charge in [0.05, 0.1) is 29.2 Å². The first-order chi connectivity index (χ1) is 13.2. The summed E-state index contributed by atoms with van der Waals surface area (Å²) in [6, 6.07) is 17.8. The molecule has 0 bridgehead atoms. The van der Waals surface area contributed by atoms with Crippen molar-refractivity contribution >= 4 is 33.7 Å². The van der Waals surface area contributed by atoms with E-state index < -0.39 is 5.97 Å². The molecule has 0 atom stereocenters. The summed E-state index contributed by atoms with van der Waals surface area (Å²) < 4.78 is 9.02. The molecule has 6 nitrogen and oxygen atoms in total. The van der Waals surface area contributed by atoms with E-state index in [0.29, 0.717) is 11.2 Å². The number of nitrogens with zero attached hydrogens (tertiary/aromatic N) is 4. The van der Waals surface area contributed by atoms with Crippen molar-refractivity contribution in [3.8, 4) is 5.82 Å². The average Bonchev–Trinajstić information content (AvgIpc) is 3.28. The van der Waals surface area contributed by atoms with Crippen LogP contribution in [0.25, 0.3) is 33.5 Å². The van der Waals surface area contributed by atoms with E-state index >= 15 is 0 Å². The number of aryl methyl sites for hydroxylation is 1. The Morgan fingerprint density at radius 2 is 1.70 bits per heavy atom. The monoisotopic (exact) mass is 356 g/mol. The second kappa shape index (κ2) is 5.67. The van der Waals surface area contributed by atoms with Gasteiger partial charge in [0, 0.05) is 0 Å². The van der Waals surface area contributed by atoms with Gasteiger partial charge in [-0.05, 0) is 42.8 Å². The standard InChI is InChI=1S/C21H16N4O2/c1-13-11-18(24-12-22-14-7-3-5-9-16(14)24)25-17-10-6-4-8-15(17)23-20(25)19(13)21(26)27-2/h3-12H,1-2H3. The Morgan fingerprint density at radius 3 is 2.48 bits per heavy atom. The third kappa shape index (κ3) is 2.16. The molecule has 0 aliphatic heterocycles.